The molecule has 0 radical (unpaired) electrons. The highest BCUT2D eigenvalue weighted by atomic mass is 16.4. The first-order valence-electron chi connectivity index (χ1n) is 5.70. The number of furan rings is 2. The van der Waals surface area contributed by atoms with Crippen molar-refractivity contribution >= 4 is 32.3 Å². The SMILES string of the molecule is O=c1oc(=O)c2c1ccc1ccc3c(=O)oc(=O)c3c12. The minimum Gasteiger partial charge on any atom is -0.386 e. The molecule has 0 aliphatic heterocycles. The van der Waals surface area contributed by atoms with Crippen molar-refractivity contribution in [3.63, 3.8) is 0 Å². The maximum absolute atomic E-state index is 11.8. The van der Waals surface area contributed by atoms with E-state index >= 15 is 0 Å². The zero-order valence-electron chi connectivity index (χ0n) is 9.76. The number of rotatable bonds is 0. The summed E-state index contributed by atoms with van der Waals surface area (Å²) >= 11 is 0. The van der Waals surface area contributed by atoms with E-state index in [1.165, 1.54) is 12.1 Å². The molecule has 0 saturated carbocycles. The first-order chi connectivity index (χ1) is 9.58. The van der Waals surface area contributed by atoms with E-state index in [2.05, 4.69) is 8.83 Å². The van der Waals surface area contributed by atoms with Gasteiger partial charge in [-0.15, -0.1) is 0 Å². The summed E-state index contributed by atoms with van der Waals surface area (Å²) in [5, 5.41) is 0.977. The second-order valence-electron chi connectivity index (χ2n) is 4.43. The van der Waals surface area contributed by atoms with Crippen LogP contribution in [0.15, 0.2) is 52.3 Å². The molecule has 0 atom stereocenters. The summed E-state index contributed by atoms with van der Waals surface area (Å²) in [6.07, 6.45) is 0. The number of fused-ring (bicyclic) bond motifs is 5. The Balaban J connectivity index is 2.57. The minimum absolute atomic E-state index is 0.0102. The van der Waals surface area contributed by atoms with E-state index in [0.29, 0.717) is 5.39 Å². The van der Waals surface area contributed by atoms with E-state index in [1.54, 1.807) is 12.1 Å². The van der Waals surface area contributed by atoms with Gasteiger partial charge in [-0.3, -0.25) is 0 Å². The highest BCUT2D eigenvalue weighted by molar-refractivity contribution is 6.19. The summed E-state index contributed by atoms with van der Waals surface area (Å²) in [5.74, 6) is 0. The zero-order chi connectivity index (χ0) is 14.0. The molecule has 2 heterocycles. The zero-order valence-corrected chi connectivity index (χ0v) is 9.76. The lowest BCUT2D eigenvalue weighted by atomic mass is 10.0. The van der Waals surface area contributed by atoms with Gasteiger partial charge in [0.25, 0.3) is 0 Å². The lowest BCUT2D eigenvalue weighted by molar-refractivity contribution is 0.500. The maximum atomic E-state index is 11.8. The molecule has 0 fully saturated rings. The molecule has 0 spiro atoms. The third-order valence-electron chi connectivity index (χ3n) is 3.41. The summed E-state index contributed by atoms with van der Waals surface area (Å²) in [4.78, 5) is 46.7. The molecule has 2 aromatic carbocycles. The van der Waals surface area contributed by atoms with Crippen molar-refractivity contribution in [2.75, 3.05) is 0 Å². The van der Waals surface area contributed by atoms with Crippen LogP contribution in [0.4, 0.5) is 0 Å². The molecular formula is C14H4O6. The van der Waals surface area contributed by atoms with Gasteiger partial charge < -0.3 is 8.83 Å². The van der Waals surface area contributed by atoms with Crippen molar-refractivity contribution in [1.29, 1.82) is 0 Å². The van der Waals surface area contributed by atoms with E-state index in [4.69, 9.17) is 0 Å². The van der Waals surface area contributed by atoms with Gasteiger partial charge in [-0.2, -0.15) is 0 Å². The monoisotopic (exact) mass is 268 g/mol. The van der Waals surface area contributed by atoms with Crippen LogP contribution in [-0.4, -0.2) is 0 Å². The van der Waals surface area contributed by atoms with Crippen LogP contribution >= 0.6 is 0 Å². The Labute approximate surface area is 108 Å². The number of hydrogen-bond acceptors (Lipinski definition) is 6. The number of hydrogen-bond donors (Lipinski definition) is 0. The molecule has 0 unspecified atom stereocenters. The average Bonchev–Trinajstić information content (AvgIpc) is 2.87. The molecular weight excluding hydrogens is 264 g/mol. The molecule has 0 amide bonds. The van der Waals surface area contributed by atoms with Crippen molar-refractivity contribution < 1.29 is 8.83 Å². The molecule has 4 rings (SSSR count). The molecule has 96 valence electrons. The van der Waals surface area contributed by atoms with E-state index in [0.717, 1.165) is 0 Å². The Morgan fingerprint density at radius 1 is 0.550 bits per heavy atom. The van der Waals surface area contributed by atoms with Crippen LogP contribution in [0.1, 0.15) is 0 Å². The molecule has 4 aromatic rings. The molecule has 6 heteroatoms. The third-order valence-corrected chi connectivity index (χ3v) is 3.41. The first kappa shape index (κ1) is 10.9. The quantitative estimate of drug-likeness (QED) is 0.464. The molecule has 0 saturated heterocycles. The molecule has 6 nitrogen and oxygen atoms in total. The largest absolute Gasteiger partial charge is 0.386 e. The Morgan fingerprint density at radius 2 is 1.00 bits per heavy atom. The van der Waals surface area contributed by atoms with Gasteiger partial charge in [0.05, 0.1) is 21.5 Å². The van der Waals surface area contributed by atoms with Crippen molar-refractivity contribution in [2.24, 2.45) is 0 Å². The number of benzene rings is 2. The van der Waals surface area contributed by atoms with Crippen LogP contribution in [0.5, 0.6) is 0 Å². The van der Waals surface area contributed by atoms with Crippen LogP contribution in [0.2, 0.25) is 0 Å². The Morgan fingerprint density at radius 3 is 1.45 bits per heavy atom. The topological polar surface area (TPSA) is 94.6 Å². The lowest BCUT2D eigenvalue weighted by Gasteiger charge is -1.98. The van der Waals surface area contributed by atoms with Crippen LogP contribution in [-0.2, 0) is 0 Å². The summed E-state index contributed by atoms with van der Waals surface area (Å²) in [6, 6.07) is 6.09. The smallest absolute Gasteiger partial charge is 0.347 e. The summed E-state index contributed by atoms with van der Waals surface area (Å²) in [5.41, 5.74) is -3.17. The first-order valence-corrected chi connectivity index (χ1v) is 5.70. The van der Waals surface area contributed by atoms with Crippen LogP contribution in [0.25, 0.3) is 32.3 Å². The normalized spacial score (nSPS) is 11.8. The lowest BCUT2D eigenvalue weighted by Crippen LogP contribution is -1.97. The van der Waals surface area contributed by atoms with Gasteiger partial charge in [0, 0.05) is 5.39 Å². The van der Waals surface area contributed by atoms with Gasteiger partial charge in [-0.25, -0.2) is 19.2 Å². The van der Waals surface area contributed by atoms with Crippen molar-refractivity contribution in [2.45, 2.75) is 0 Å². The van der Waals surface area contributed by atoms with Crippen molar-refractivity contribution in [3.05, 3.63) is 65.9 Å². The molecule has 0 bridgehead atoms. The van der Waals surface area contributed by atoms with Gasteiger partial charge in [-0.05, 0) is 17.5 Å². The molecule has 0 aliphatic carbocycles. The molecule has 2 aromatic heterocycles. The van der Waals surface area contributed by atoms with E-state index in [-0.39, 0.29) is 26.9 Å². The second kappa shape index (κ2) is 3.30. The Hall–Kier alpha value is -3.02. The van der Waals surface area contributed by atoms with E-state index in [9.17, 15) is 19.2 Å². The van der Waals surface area contributed by atoms with Gasteiger partial charge in [0.1, 0.15) is 0 Å². The van der Waals surface area contributed by atoms with Crippen LogP contribution in [0, 0.1) is 0 Å². The average molecular weight is 268 g/mol. The summed E-state index contributed by atoms with van der Waals surface area (Å²) in [7, 11) is 0. The van der Waals surface area contributed by atoms with Crippen LogP contribution < -0.4 is 22.5 Å². The van der Waals surface area contributed by atoms with Gasteiger partial charge >= 0.3 is 22.5 Å². The van der Waals surface area contributed by atoms with Crippen molar-refractivity contribution in [1.82, 2.24) is 0 Å². The van der Waals surface area contributed by atoms with Gasteiger partial charge in [0.2, 0.25) is 0 Å². The standard InChI is InChI=1S/C14H4O6/c15-11-6-3-1-5-2-4-7-10(14(18)20-12(7)16)8(5)9(6)13(17)19-11/h1-4H. The fourth-order valence-electron chi connectivity index (χ4n) is 2.56. The highest BCUT2D eigenvalue weighted by Crippen LogP contribution is 2.26. The minimum atomic E-state index is -0.823. The highest BCUT2D eigenvalue weighted by Gasteiger charge is 2.18. The summed E-state index contributed by atoms with van der Waals surface area (Å²) < 4.78 is 9.09. The van der Waals surface area contributed by atoms with E-state index < -0.39 is 22.5 Å². The predicted octanol–water partition coefficient (Wildman–Crippen LogP) is 0.649. The van der Waals surface area contributed by atoms with Gasteiger partial charge in [-0.1, -0.05) is 12.1 Å². The van der Waals surface area contributed by atoms with E-state index in [1.807, 2.05) is 0 Å². The second-order valence-corrected chi connectivity index (χ2v) is 4.43. The predicted molar refractivity (Wildman–Crippen MR) is 70.9 cm³/mol. The Bertz CT molecular complexity index is 1120. The fraction of sp³-hybridized carbons (Fsp3) is 0. The summed E-state index contributed by atoms with van der Waals surface area (Å²) in [6.45, 7) is 0. The maximum Gasteiger partial charge on any atom is 0.347 e. The molecule has 20 heavy (non-hydrogen) atoms. The molecule has 0 N–H and O–H groups in total. The Kier molecular flexibility index (Phi) is 1.79. The third kappa shape index (κ3) is 1.13. The molecule has 0 aliphatic rings. The van der Waals surface area contributed by atoms with Crippen molar-refractivity contribution in [3.8, 4) is 0 Å². The van der Waals surface area contributed by atoms with Crippen LogP contribution in [0.3, 0.4) is 0 Å². The fourth-order valence-corrected chi connectivity index (χ4v) is 2.56. The van der Waals surface area contributed by atoms with Gasteiger partial charge in [0.15, 0.2) is 0 Å².